The first kappa shape index (κ1) is 13.0. The Morgan fingerprint density at radius 3 is 2.88 bits per heavy atom. The molecule has 1 aliphatic rings. The molecule has 4 nitrogen and oxygen atoms in total. The maximum atomic E-state index is 11.7. The third kappa shape index (κ3) is 3.08. The van der Waals surface area contributed by atoms with E-state index >= 15 is 0 Å². The summed E-state index contributed by atoms with van der Waals surface area (Å²) in [6.45, 7) is 0.217. The van der Waals surface area contributed by atoms with Crippen LogP contribution in [0.3, 0.4) is 0 Å². The number of carbonyl (C=O) groups excluding carboxylic acids is 1. The molecule has 1 aromatic heterocycles. The van der Waals surface area contributed by atoms with Crippen LogP contribution in [0.1, 0.15) is 23.2 Å². The maximum Gasteiger partial charge on any atom is 0.252 e. The van der Waals surface area contributed by atoms with E-state index in [4.69, 9.17) is 0 Å². The Bertz CT molecular complexity index is 523. The van der Waals surface area contributed by atoms with E-state index in [0.717, 1.165) is 3.79 Å². The summed E-state index contributed by atoms with van der Waals surface area (Å²) in [7, 11) is -2.98. The third-order valence-corrected chi connectivity index (χ3v) is 6.56. The second kappa shape index (κ2) is 5.07. The van der Waals surface area contributed by atoms with Crippen molar-refractivity contribution in [2.24, 2.45) is 0 Å². The minimum Gasteiger partial charge on any atom is -0.351 e. The normalized spacial score (nSPS) is 22.5. The van der Waals surface area contributed by atoms with Gasteiger partial charge in [-0.3, -0.25) is 4.79 Å². The van der Waals surface area contributed by atoms with Crippen molar-refractivity contribution >= 4 is 43.0 Å². The highest BCUT2D eigenvalue weighted by molar-refractivity contribution is 9.11. The van der Waals surface area contributed by atoms with Gasteiger partial charge in [-0.25, -0.2) is 8.42 Å². The van der Waals surface area contributed by atoms with E-state index in [0.29, 0.717) is 18.4 Å². The first-order valence-electron chi connectivity index (χ1n) is 5.23. The van der Waals surface area contributed by atoms with Crippen LogP contribution in [-0.2, 0) is 9.84 Å². The lowest BCUT2D eigenvalue weighted by Crippen LogP contribution is -2.34. The molecule has 0 aliphatic carbocycles. The molecule has 1 aliphatic heterocycles. The molecule has 7 heteroatoms. The summed E-state index contributed by atoms with van der Waals surface area (Å²) >= 11 is 4.71. The van der Waals surface area contributed by atoms with Crippen molar-refractivity contribution in [2.45, 2.75) is 18.1 Å². The minimum absolute atomic E-state index is 0.214. The summed E-state index contributed by atoms with van der Waals surface area (Å²) in [4.78, 5) is 11.7. The van der Waals surface area contributed by atoms with Crippen LogP contribution in [0.2, 0.25) is 0 Å². The highest BCUT2D eigenvalue weighted by atomic mass is 79.9. The van der Waals surface area contributed by atoms with Crippen molar-refractivity contribution < 1.29 is 13.2 Å². The number of hydrogen-bond acceptors (Lipinski definition) is 4. The summed E-state index contributed by atoms with van der Waals surface area (Å²) < 4.78 is 24.0. The lowest BCUT2D eigenvalue weighted by Gasteiger charge is -2.09. The molecule has 1 amide bonds. The smallest absolute Gasteiger partial charge is 0.252 e. The van der Waals surface area contributed by atoms with Gasteiger partial charge in [-0.2, -0.15) is 0 Å². The Morgan fingerprint density at radius 2 is 2.35 bits per heavy atom. The topological polar surface area (TPSA) is 63.2 Å². The van der Waals surface area contributed by atoms with E-state index in [9.17, 15) is 13.2 Å². The number of halogens is 1. The molecule has 0 radical (unpaired) electrons. The van der Waals surface area contributed by atoms with Crippen molar-refractivity contribution in [3.63, 3.8) is 0 Å². The fourth-order valence-electron chi connectivity index (χ4n) is 1.83. The highest BCUT2D eigenvalue weighted by Gasteiger charge is 2.31. The largest absolute Gasteiger partial charge is 0.351 e. The second-order valence-electron chi connectivity index (χ2n) is 3.98. The fourth-order valence-corrected chi connectivity index (χ4v) is 4.73. The molecule has 2 heterocycles. The Morgan fingerprint density at radius 1 is 1.59 bits per heavy atom. The Balaban J connectivity index is 1.93. The summed E-state index contributed by atoms with van der Waals surface area (Å²) in [6, 6.07) is 1.73. The van der Waals surface area contributed by atoms with E-state index in [1.165, 1.54) is 11.3 Å². The van der Waals surface area contributed by atoms with Crippen LogP contribution in [-0.4, -0.2) is 31.9 Å². The van der Waals surface area contributed by atoms with Gasteiger partial charge in [-0.15, -0.1) is 11.3 Å². The van der Waals surface area contributed by atoms with Crippen LogP contribution in [0.4, 0.5) is 0 Å². The van der Waals surface area contributed by atoms with Crippen LogP contribution in [0, 0.1) is 0 Å². The number of nitrogens with one attached hydrogen (secondary N) is 1. The molecule has 0 saturated carbocycles. The SMILES string of the molecule is O=C(NCC1CCCS1(=O)=O)c1csc(Br)c1. The molecular weight excluding hydrogens is 326 g/mol. The molecule has 17 heavy (non-hydrogen) atoms. The Labute approximate surface area is 112 Å². The summed E-state index contributed by atoms with van der Waals surface area (Å²) in [6.07, 6.45) is 1.35. The first-order chi connectivity index (χ1) is 7.99. The zero-order valence-electron chi connectivity index (χ0n) is 8.98. The van der Waals surface area contributed by atoms with Crippen LogP contribution in [0.5, 0.6) is 0 Å². The van der Waals surface area contributed by atoms with Gasteiger partial charge in [0.1, 0.15) is 0 Å². The molecule has 1 aromatic rings. The molecule has 1 fully saturated rings. The zero-order valence-corrected chi connectivity index (χ0v) is 12.2. The van der Waals surface area contributed by atoms with Gasteiger partial charge in [-0.05, 0) is 34.8 Å². The van der Waals surface area contributed by atoms with E-state index in [2.05, 4.69) is 21.2 Å². The standard InChI is InChI=1S/C10H12BrNO3S2/c11-9-4-7(6-16-9)10(13)12-5-8-2-1-3-17(8,14)15/h4,6,8H,1-3,5H2,(H,12,13). The van der Waals surface area contributed by atoms with Gasteiger partial charge >= 0.3 is 0 Å². The Kier molecular flexibility index (Phi) is 3.89. The van der Waals surface area contributed by atoms with Crippen molar-refractivity contribution in [3.8, 4) is 0 Å². The molecule has 1 N–H and O–H groups in total. The van der Waals surface area contributed by atoms with E-state index in [1.807, 2.05) is 0 Å². The van der Waals surface area contributed by atoms with Crippen LogP contribution >= 0.6 is 27.3 Å². The lowest BCUT2D eigenvalue weighted by molar-refractivity contribution is 0.0954. The van der Waals surface area contributed by atoms with Gasteiger partial charge in [0.05, 0.1) is 20.4 Å². The van der Waals surface area contributed by atoms with E-state index in [1.54, 1.807) is 11.4 Å². The first-order valence-corrected chi connectivity index (χ1v) is 8.61. The number of amides is 1. The molecule has 1 unspecified atom stereocenters. The van der Waals surface area contributed by atoms with Crippen molar-refractivity contribution in [1.82, 2.24) is 5.32 Å². The van der Waals surface area contributed by atoms with Gasteiger partial charge in [0.15, 0.2) is 9.84 Å². The number of sulfone groups is 1. The fraction of sp³-hybridized carbons (Fsp3) is 0.500. The predicted molar refractivity (Wildman–Crippen MR) is 71.2 cm³/mol. The van der Waals surface area contributed by atoms with Crippen molar-refractivity contribution in [2.75, 3.05) is 12.3 Å². The monoisotopic (exact) mass is 337 g/mol. The lowest BCUT2D eigenvalue weighted by atomic mass is 10.2. The molecule has 0 spiro atoms. The molecule has 94 valence electrons. The van der Waals surface area contributed by atoms with Crippen LogP contribution < -0.4 is 5.32 Å². The quantitative estimate of drug-likeness (QED) is 0.914. The van der Waals surface area contributed by atoms with E-state index < -0.39 is 15.1 Å². The highest BCUT2D eigenvalue weighted by Crippen LogP contribution is 2.21. The van der Waals surface area contributed by atoms with Gasteiger partial charge < -0.3 is 5.32 Å². The van der Waals surface area contributed by atoms with Crippen molar-refractivity contribution in [1.29, 1.82) is 0 Å². The second-order valence-corrected chi connectivity index (χ2v) is 8.67. The third-order valence-electron chi connectivity index (χ3n) is 2.78. The molecular formula is C10H12BrNO3S2. The summed E-state index contributed by atoms with van der Waals surface area (Å²) in [5.41, 5.74) is 0.567. The average molecular weight is 338 g/mol. The van der Waals surface area contributed by atoms with E-state index in [-0.39, 0.29) is 18.2 Å². The van der Waals surface area contributed by atoms with Gasteiger partial charge in [0.2, 0.25) is 0 Å². The molecule has 0 aromatic carbocycles. The zero-order chi connectivity index (χ0) is 12.5. The maximum absolute atomic E-state index is 11.7. The van der Waals surface area contributed by atoms with Gasteiger partial charge in [0.25, 0.3) is 5.91 Å². The minimum atomic E-state index is -2.98. The molecule has 1 saturated heterocycles. The molecule has 2 rings (SSSR count). The Hall–Kier alpha value is -0.400. The predicted octanol–water partition coefficient (Wildman–Crippen LogP) is 1.82. The summed E-state index contributed by atoms with van der Waals surface area (Å²) in [5.74, 6) is 0.0337. The number of rotatable bonds is 3. The van der Waals surface area contributed by atoms with Crippen LogP contribution in [0.15, 0.2) is 15.2 Å². The van der Waals surface area contributed by atoms with Crippen molar-refractivity contribution in [3.05, 3.63) is 20.8 Å². The average Bonchev–Trinajstić information content (AvgIpc) is 2.81. The van der Waals surface area contributed by atoms with Gasteiger partial charge in [-0.1, -0.05) is 0 Å². The number of thiophene rings is 1. The molecule has 1 atom stereocenters. The molecule has 0 bridgehead atoms. The summed E-state index contributed by atoms with van der Waals surface area (Å²) in [5, 5.41) is 4.01. The number of hydrogen-bond donors (Lipinski definition) is 1. The number of carbonyl (C=O) groups is 1. The van der Waals surface area contributed by atoms with Gasteiger partial charge in [0, 0.05) is 11.9 Å². The van der Waals surface area contributed by atoms with Crippen LogP contribution in [0.25, 0.3) is 0 Å².